The topological polar surface area (TPSA) is 78.7 Å². The van der Waals surface area contributed by atoms with Gasteiger partial charge < -0.3 is 20.9 Å². The van der Waals surface area contributed by atoms with Crippen molar-refractivity contribution < 1.29 is 9.59 Å². The van der Waals surface area contributed by atoms with Crippen LogP contribution in [0.3, 0.4) is 0 Å². The van der Waals surface area contributed by atoms with E-state index in [9.17, 15) is 9.59 Å². The van der Waals surface area contributed by atoms with Crippen LogP contribution in [0, 0.1) is 11.8 Å². The predicted octanol–water partition coefficient (Wildman–Crippen LogP) is 1.21. The molecule has 0 aromatic heterocycles. The minimum atomic E-state index is -0.598. The van der Waals surface area contributed by atoms with Crippen LogP contribution in [0.4, 0.5) is 11.4 Å². The molecule has 1 aromatic rings. The van der Waals surface area contributed by atoms with E-state index in [0.717, 1.165) is 17.9 Å². The minimum Gasteiger partial charge on any atom is -0.373 e. The van der Waals surface area contributed by atoms with Crippen molar-refractivity contribution in [3.63, 3.8) is 0 Å². The van der Waals surface area contributed by atoms with Gasteiger partial charge in [0, 0.05) is 20.1 Å². The molecule has 0 aliphatic carbocycles. The normalized spacial score (nSPS) is 18.8. The van der Waals surface area contributed by atoms with Crippen molar-refractivity contribution in [2.75, 3.05) is 36.5 Å². The summed E-state index contributed by atoms with van der Waals surface area (Å²) in [6.07, 6.45) is 0. The third-order valence-electron chi connectivity index (χ3n) is 4.40. The lowest BCUT2D eigenvalue weighted by atomic mass is 10.1. The third-order valence-corrected chi connectivity index (χ3v) is 4.40. The predicted molar refractivity (Wildman–Crippen MR) is 97.1 cm³/mol. The first-order valence-corrected chi connectivity index (χ1v) is 8.45. The largest absolute Gasteiger partial charge is 0.373 e. The molecule has 2 rings (SSSR count). The molecule has 0 saturated heterocycles. The zero-order valence-corrected chi connectivity index (χ0v) is 15.0. The number of nitrogens with one attached hydrogen (secondary N) is 1. The number of carbonyl (C=O) groups excluding carboxylic acids is 2. The molecule has 6 nitrogen and oxygen atoms in total. The maximum atomic E-state index is 12.7. The number of anilines is 2. The number of carbonyl (C=O) groups is 2. The number of rotatable bonds is 4. The Morgan fingerprint density at radius 2 is 1.88 bits per heavy atom. The SMILES string of the molecule is CC1CN(C)c2ccccc2N(C(=O)CNC(=O)[C@@H](N)C(C)C)C1. The van der Waals surface area contributed by atoms with E-state index >= 15 is 0 Å². The van der Waals surface area contributed by atoms with E-state index < -0.39 is 6.04 Å². The van der Waals surface area contributed by atoms with Gasteiger partial charge in [-0.3, -0.25) is 9.59 Å². The monoisotopic (exact) mass is 332 g/mol. The standard InChI is InChI=1S/C18H28N4O2/c1-12(2)17(19)18(24)20-9-16(23)22-11-13(3)10-21(4)14-7-5-6-8-15(14)22/h5-8,12-13,17H,9-11,19H2,1-4H3,(H,20,24)/t13?,17-/m0/s1. The number of hydrogen-bond donors (Lipinski definition) is 2. The van der Waals surface area contributed by atoms with Gasteiger partial charge >= 0.3 is 0 Å². The molecule has 2 amide bonds. The Morgan fingerprint density at radius 3 is 2.50 bits per heavy atom. The van der Waals surface area contributed by atoms with Crippen molar-refractivity contribution in [3.8, 4) is 0 Å². The molecule has 1 unspecified atom stereocenters. The molecule has 6 heteroatoms. The first-order valence-electron chi connectivity index (χ1n) is 8.45. The molecule has 24 heavy (non-hydrogen) atoms. The van der Waals surface area contributed by atoms with Gasteiger partial charge in [-0.15, -0.1) is 0 Å². The number of para-hydroxylation sites is 2. The van der Waals surface area contributed by atoms with E-state index in [1.807, 2.05) is 45.2 Å². The van der Waals surface area contributed by atoms with E-state index in [0.29, 0.717) is 12.5 Å². The highest BCUT2D eigenvalue weighted by atomic mass is 16.2. The number of hydrogen-bond acceptors (Lipinski definition) is 4. The van der Waals surface area contributed by atoms with Crippen molar-refractivity contribution in [3.05, 3.63) is 24.3 Å². The molecule has 1 aliphatic heterocycles. The van der Waals surface area contributed by atoms with Crippen molar-refractivity contribution in [2.45, 2.75) is 26.8 Å². The van der Waals surface area contributed by atoms with Crippen LogP contribution in [0.25, 0.3) is 0 Å². The van der Waals surface area contributed by atoms with Gasteiger partial charge in [0.2, 0.25) is 11.8 Å². The third kappa shape index (κ3) is 4.06. The zero-order chi connectivity index (χ0) is 17.9. The van der Waals surface area contributed by atoms with Gasteiger partial charge in [0.25, 0.3) is 0 Å². The van der Waals surface area contributed by atoms with Crippen LogP contribution in [0.1, 0.15) is 20.8 Å². The fourth-order valence-electron chi connectivity index (χ4n) is 2.96. The van der Waals surface area contributed by atoms with Gasteiger partial charge in [0.1, 0.15) is 0 Å². The van der Waals surface area contributed by atoms with Crippen molar-refractivity contribution in [1.82, 2.24) is 5.32 Å². The van der Waals surface area contributed by atoms with E-state index in [4.69, 9.17) is 5.73 Å². The van der Waals surface area contributed by atoms with E-state index in [2.05, 4.69) is 17.1 Å². The number of fused-ring (bicyclic) bond motifs is 1. The Morgan fingerprint density at radius 1 is 1.25 bits per heavy atom. The number of nitrogens with two attached hydrogens (primary N) is 1. The Labute approximate surface area is 144 Å². The van der Waals surface area contributed by atoms with Gasteiger partial charge in [0.05, 0.1) is 24.0 Å². The summed E-state index contributed by atoms with van der Waals surface area (Å²) in [6, 6.07) is 7.26. The van der Waals surface area contributed by atoms with Crippen LogP contribution in [0.5, 0.6) is 0 Å². The Hall–Kier alpha value is -2.08. The molecule has 0 saturated carbocycles. The number of benzene rings is 1. The summed E-state index contributed by atoms with van der Waals surface area (Å²) in [5.74, 6) is -0.0341. The van der Waals surface area contributed by atoms with E-state index in [1.54, 1.807) is 4.90 Å². The molecule has 132 valence electrons. The second-order valence-electron chi connectivity index (χ2n) is 6.97. The summed E-state index contributed by atoms with van der Waals surface area (Å²) in [5, 5.41) is 2.67. The minimum absolute atomic E-state index is 0.0349. The molecule has 1 aromatic carbocycles. The van der Waals surface area contributed by atoms with Crippen molar-refractivity contribution in [1.29, 1.82) is 0 Å². The van der Waals surface area contributed by atoms with Crippen molar-refractivity contribution >= 4 is 23.2 Å². The van der Waals surface area contributed by atoms with Gasteiger partial charge in [-0.05, 0) is 24.0 Å². The fraction of sp³-hybridized carbons (Fsp3) is 0.556. The molecule has 3 N–H and O–H groups in total. The van der Waals surface area contributed by atoms with Crippen LogP contribution in [0.2, 0.25) is 0 Å². The maximum Gasteiger partial charge on any atom is 0.246 e. The van der Waals surface area contributed by atoms with Crippen LogP contribution in [-0.2, 0) is 9.59 Å². The van der Waals surface area contributed by atoms with Crippen LogP contribution in [-0.4, -0.2) is 44.5 Å². The first kappa shape index (κ1) is 18.3. The summed E-state index contributed by atoms with van der Waals surface area (Å²) >= 11 is 0. The fourth-order valence-corrected chi connectivity index (χ4v) is 2.96. The van der Waals surface area contributed by atoms with E-state index in [1.165, 1.54) is 0 Å². The van der Waals surface area contributed by atoms with Crippen LogP contribution < -0.4 is 20.9 Å². The number of amides is 2. The second-order valence-corrected chi connectivity index (χ2v) is 6.97. The summed E-state index contributed by atoms with van der Waals surface area (Å²) in [4.78, 5) is 28.6. The van der Waals surface area contributed by atoms with E-state index in [-0.39, 0.29) is 24.3 Å². The summed E-state index contributed by atoms with van der Waals surface area (Å²) in [6.45, 7) is 7.36. The molecule has 2 atom stereocenters. The molecule has 0 bridgehead atoms. The summed E-state index contributed by atoms with van der Waals surface area (Å²) in [7, 11) is 2.03. The highest BCUT2D eigenvalue weighted by Crippen LogP contribution is 2.32. The van der Waals surface area contributed by atoms with Crippen molar-refractivity contribution in [2.24, 2.45) is 17.6 Å². The molecule has 1 aliphatic rings. The molecular formula is C18H28N4O2. The molecular weight excluding hydrogens is 304 g/mol. The van der Waals surface area contributed by atoms with Gasteiger partial charge in [-0.2, -0.15) is 0 Å². The Kier molecular flexibility index (Phi) is 5.83. The lowest BCUT2D eigenvalue weighted by Gasteiger charge is -2.25. The summed E-state index contributed by atoms with van der Waals surface area (Å²) < 4.78 is 0. The Bertz CT molecular complexity index is 602. The molecule has 0 spiro atoms. The van der Waals surface area contributed by atoms with Crippen LogP contribution in [0.15, 0.2) is 24.3 Å². The Balaban J connectivity index is 2.13. The first-order chi connectivity index (χ1) is 11.3. The smallest absolute Gasteiger partial charge is 0.246 e. The van der Waals surface area contributed by atoms with Gasteiger partial charge in [-0.25, -0.2) is 0 Å². The lowest BCUT2D eigenvalue weighted by molar-refractivity contribution is -0.126. The second kappa shape index (κ2) is 7.66. The lowest BCUT2D eigenvalue weighted by Crippen LogP contribution is -2.48. The number of nitrogens with zero attached hydrogens (tertiary/aromatic N) is 2. The molecule has 1 heterocycles. The highest BCUT2D eigenvalue weighted by molar-refractivity contribution is 6.00. The quantitative estimate of drug-likeness (QED) is 0.868. The zero-order valence-electron chi connectivity index (χ0n) is 15.0. The van der Waals surface area contributed by atoms with Crippen LogP contribution >= 0.6 is 0 Å². The average Bonchev–Trinajstić information content (AvgIpc) is 2.68. The highest BCUT2D eigenvalue weighted by Gasteiger charge is 2.27. The van der Waals surface area contributed by atoms with Gasteiger partial charge in [-0.1, -0.05) is 32.9 Å². The van der Waals surface area contributed by atoms with Gasteiger partial charge in [0.15, 0.2) is 0 Å². The average molecular weight is 332 g/mol. The summed E-state index contributed by atoms with van der Waals surface area (Å²) in [5.41, 5.74) is 7.74. The molecule has 0 radical (unpaired) electrons. The maximum absolute atomic E-state index is 12.7. The molecule has 0 fully saturated rings.